The van der Waals surface area contributed by atoms with E-state index in [2.05, 4.69) is 4.98 Å². The minimum Gasteiger partial charge on any atom is -0.397 e. The Hall–Kier alpha value is -2.17. The fraction of sp³-hybridized carbons (Fsp3) is 0. The summed E-state index contributed by atoms with van der Waals surface area (Å²) in [5.41, 5.74) is 6.12. The summed E-state index contributed by atoms with van der Waals surface area (Å²) in [5, 5.41) is 11.8. The molecule has 0 saturated heterocycles. The van der Waals surface area contributed by atoms with Gasteiger partial charge in [0.2, 0.25) is 0 Å². The van der Waals surface area contributed by atoms with Crippen molar-refractivity contribution in [2.24, 2.45) is 0 Å². The zero-order valence-corrected chi connectivity index (χ0v) is 7.18. The number of anilines is 1. The maximum Gasteiger partial charge on any atom is 0.278 e. The van der Waals surface area contributed by atoms with Gasteiger partial charge < -0.3 is 5.73 Å². The lowest BCUT2D eigenvalue weighted by Gasteiger charge is -2.00. The predicted octanol–water partition coefficient (Wildman–Crippen LogP) is 1.73. The molecular formula is C9H7N3O2. The lowest BCUT2D eigenvalue weighted by Crippen LogP contribution is -1.93. The minimum atomic E-state index is -0.441. The second-order valence-electron chi connectivity index (χ2n) is 2.86. The molecular weight excluding hydrogens is 182 g/mol. The Morgan fingerprint density at radius 2 is 2.07 bits per heavy atom. The van der Waals surface area contributed by atoms with E-state index in [0.717, 1.165) is 0 Å². The maximum atomic E-state index is 10.7. The van der Waals surface area contributed by atoms with Gasteiger partial charge in [-0.15, -0.1) is 0 Å². The molecule has 0 aliphatic heterocycles. The van der Waals surface area contributed by atoms with E-state index in [-0.39, 0.29) is 5.69 Å². The van der Waals surface area contributed by atoms with Crippen molar-refractivity contribution in [2.45, 2.75) is 0 Å². The quantitative estimate of drug-likeness (QED) is 0.547. The monoisotopic (exact) mass is 189 g/mol. The Labute approximate surface area is 79.3 Å². The fourth-order valence-corrected chi connectivity index (χ4v) is 1.36. The number of hydrogen-bond acceptors (Lipinski definition) is 4. The summed E-state index contributed by atoms with van der Waals surface area (Å²) >= 11 is 0. The number of nitrogen functional groups attached to an aromatic ring is 1. The predicted molar refractivity (Wildman–Crippen MR) is 52.8 cm³/mol. The molecule has 0 amide bonds. The molecule has 5 heteroatoms. The van der Waals surface area contributed by atoms with Gasteiger partial charge in [-0.1, -0.05) is 12.1 Å². The van der Waals surface area contributed by atoms with Crippen molar-refractivity contribution >= 4 is 22.1 Å². The Morgan fingerprint density at radius 3 is 2.79 bits per heavy atom. The third kappa shape index (κ3) is 1.15. The van der Waals surface area contributed by atoms with Crippen molar-refractivity contribution in [1.82, 2.24) is 4.98 Å². The number of non-ortho nitro benzene ring substituents is 1. The first kappa shape index (κ1) is 8.43. The number of nitrogens with zero attached hydrogens (tertiary/aromatic N) is 2. The van der Waals surface area contributed by atoms with E-state index in [9.17, 15) is 10.1 Å². The third-order valence-corrected chi connectivity index (χ3v) is 2.01. The summed E-state index contributed by atoms with van der Waals surface area (Å²) in [6, 6.07) is 4.78. The van der Waals surface area contributed by atoms with Gasteiger partial charge in [0.05, 0.1) is 22.2 Å². The van der Waals surface area contributed by atoms with Crippen molar-refractivity contribution in [3.05, 3.63) is 40.7 Å². The van der Waals surface area contributed by atoms with Gasteiger partial charge in [0.1, 0.15) is 0 Å². The number of pyridine rings is 1. The van der Waals surface area contributed by atoms with E-state index in [0.29, 0.717) is 16.5 Å². The molecule has 0 unspecified atom stereocenters. The van der Waals surface area contributed by atoms with Crippen molar-refractivity contribution in [3.63, 3.8) is 0 Å². The van der Waals surface area contributed by atoms with Gasteiger partial charge in [-0.3, -0.25) is 15.1 Å². The second-order valence-corrected chi connectivity index (χ2v) is 2.86. The van der Waals surface area contributed by atoms with Gasteiger partial charge in [-0.25, -0.2) is 0 Å². The van der Waals surface area contributed by atoms with Crippen LogP contribution in [-0.4, -0.2) is 9.91 Å². The lowest BCUT2D eigenvalue weighted by molar-refractivity contribution is -0.383. The molecule has 0 radical (unpaired) electrons. The maximum absolute atomic E-state index is 10.7. The van der Waals surface area contributed by atoms with Crippen LogP contribution in [0.4, 0.5) is 11.4 Å². The molecule has 2 aromatic rings. The number of hydrogen-bond donors (Lipinski definition) is 1. The van der Waals surface area contributed by atoms with Crippen LogP contribution >= 0.6 is 0 Å². The molecule has 1 heterocycles. The Balaban J connectivity index is 2.88. The average Bonchev–Trinajstić information content (AvgIpc) is 2.17. The summed E-state index contributed by atoms with van der Waals surface area (Å²) in [4.78, 5) is 14.0. The zero-order valence-electron chi connectivity index (χ0n) is 7.18. The standard InChI is InChI=1S/C9H7N3O2/c10-8-5-11-4-7-6(8)2-1-3-9(7)12(13)14/h1-5H,10H2. The van der Waals surface area contributed by atoms with Gasteiger partial charge in [0, 0.05) is 17.6 Å². The van der Waals surface area contributed by atoms with Gasteiger partial charge in [-0.05, 0) is 0 Å². The molecule has 5 nitrogen and oxygen atoms in total. The van der Waals surface area contributed by atoms with E-state index in [1.807, 2.05) is 0 Å². The summed E-state index contributed by atoms with van der Waals surface area (Å²) in [6.45, 7) is 0. The van der Waals surface area contributed by atoms with Gasteiger partial charge in [0.25, 0.3) is 5.69 Å². The summed E-state index contributed by atoms with van der Waals surface area (Å²) in [7, 11) is 0. The number of fused-ring (bicyclic) bond motifs is 1. The molecule has 0 atom stereocenters. The third-order valence-electron chi connectivity index (χ3n) is 2.01. The molecule has 1 aromatic heterocycles. The van der Waals surface area contributed by atoms with Crippen LogP contribution in [-0.2, 0) is 0 Å². The van der Waals surface area contributed by atoms with E-state index in [1.165, 1.54) is 18.5 Å². The van der Waals surface area contributed by atoms with E-state index in [1.54, 1.807) is 12.1 Å². The van der Waals surface area contributed by atoms with Crippen LogP contribution < -0.4 is 5.73 Å². The number of aromatic nitrogens is 1. The molecule has 2 rings (SSSR count). The second kappa shape index (κ2) is 2.95. The van der Waals surface area contributed by atoms with E-state index >= 15 is 0 Å². The van der Waals surface area contributed by atoms with Crippen LogP contribution in [0.3, 0.4) is 0 Å². The van der Waals surface area contributed by atoms with Crippen LogP contribution in [0.2, 0.25) is 0 Å². The number of rotatable bonds is 1. The molecule has 2 N–H and O–H groups in total. The smallest absolute Gasteiger partial charge is 0.278 e. The highest BCUT2D eigenvalue weighted by atomic mass is 16.6. The van der Waals surface area contributed by atoms with E-state index in [4.69, 9.17) is 5.73 Å². The Bertz CT molecular complexity index is 510. The van der Waals surface area contributed by atoms with Crippen LogP contribution in [0.15, 0.2) is 30.6 Å². The Morgan fingerprint density at radius 1 is 1.29 bits per heavy atom. The van der Waals surface area contributed by atoms with Crippen molar-refractivity contribution in [3.8, 4) is 0 Å². The van der Waals surface area contributed by atoms with Crippen molar-refractivity contribution in [1.29, 1.82) is 0 Å². The van der Waals surface area contributed by atoms with Gasteiger partial charge >= 0.3 is 0 Å². The highest BCUT2D eigenvalue weighted by Crippen LogP contribution is 2.27. The lowest BCUT2D eigenvalue weighted by atomic mass is 10.1. The summed E-state index contributed by atoms with van der Waals surface area (Å²) in [6.07, 6.45) is 2.93. The molecule has 1 aromatic carbocycles. The van der Waals surface area contributed by atoms with Crippen molar-refractivity contribution in [2.75, 3.05) is 5.73 Å². The first-order chi connectivity index (χ1) is 6.70. The molecule has 14 heavy (non-hydrogen) atoms. The number of nitro groups is 1. The summed E-state index contributed by atoms with van der Waals surface area (Å²) in [5.74, 6) is 0. The molecule has 0 bridgehead atoms. The molecule has 0 spiro atoms. The first-order valence-corrected chi connectivity index (χ1v) is 3.97. The SMILES string of the molecule is Nc1cncc2c([N+](=O)[O-])cccc12. The Kier molecular flexibility index (Phi) is 1.78. The summed E-state index contributed by atoms with van der Waals surface area (Å²) < 4.78 is 0. The molecule has 0 fully saturated rings. The van der Waals surface area contributed by atoms with E-state index < -0.39 is 4.92 Å². The van der Waals surface area contributed by atoms with Crippen LogP contribution in [0.25, 0.3) is 10.8 Å². The van der Waals surface area contributed by atoms with Crippen LogP contribution in [0, 0.1) is 10.1 Å². The number of nitrogens with two attached hydrogens (primary N) is 1. The zero-order chi connectivity index (χ0) is 10.1. The first-order valence-electron chi connectivity index (χ1n) is 3.97. The minimum absolute atomic E-state index is 0.0299. The number of benzene rings is 1. The molecule has 70 valence electrons. The molecule has 0 saturated carbocycles. The van der Waals surface area contributed by atoms with Crippen LogP contribution in [0.5, 0.6) is 0 Å². The van der Waals surface area contributed by atoms with Crippen molar-refractivity contribution < 1.29 is 4.92 Å². The normalized spacial score (nSPS) is 10.3. The van der Waals surface area contributed by atoms with Gasteiger partial charge in [-0.2, -0.15) is 0 Å². The highest BCUT2D eigenvalue weighted by molar-refractivity contribution is 5.97. The number of nitro benzene ring substituents is 1. The van der Waals surface area contributed by atoms with Crippen LogP contribution in [0.1, 0.15) is 0 Å². The molecule has 0 aliphatic carbocycles. The average molecular weight is 189 g/mol. The fourth-order valence-electron chi connectivity index (χ4n) is 1.36. The highest BCUT2D eigenvalue weighted by Gasteiger charge is 2.11. The topological polar surface area (TPSA) is 82.0 Å². The molecule has 0 aliphatic rings. The van der Waals surface area contributed by atoms with Gasteiger partial charge in [0.15, 0.2) is 0 Å². The largest absolute Gasteiger partial charge is 0.397 e.